The van der Waals surface area contributed by atoms with E-state index in [0.717, 1.165) is 25.7 Å². The van der Waals surface area contributed by atoms with Crippen LogP contribution in [0.2, 0.25) is 0 Å². The molecular formula is C12H24N2O4S. The average molecular weight is 292 g/mol. The topological polar surface area (TPSA) is 98.5 Å². The van der Waals surface area contributed by atoms with E-state index < -0.39 is 21.5 Å². The summed E-state index contributed by atoms with van der Waals surface area (Å²) < 4.78 is 30.6. The quantitative estimate of drug-likeness (QED) is 0.667. The molecule has 0 spiro atoms. The van der Waals surface area contributed by atoms with Crippen molar-refractivity contribution in [2.45, 2.75) is 50.5 Å². The Labute approximate surface area is 115 Å². The summed E-state index contributed by atoms with van der Waals surface area (Å²) in [5.74, 6) is -0.462. The monoisotopic (exact) mass is 292 g/mol. The van der Waals surface area contributed by atoms with Crippen LogP contribution < -0.4 is 10.5 Å². The molecule has 0 aromatic carbocycles. The van der Waals surface area contributed by atoms with Gasteiger partial charge in [0.15, 0.2) is 0 Å². The molecule has 1 saturated carbocycles. The van der Waals surface area contributed by atoms with Crippen molar-refractivity contribution in [3.63, 3.8) is 0 Å². The Bertz CT molecular complexity index is 389. The molecule has 0 aliphatic heterocycles. The van der Waals surface area contributed by atoms with E-state index >= 15 is 0 Å². The maximum Gasteiger partial charge on any atom is 0.305 e. The molecule has 7 heteroatoms. The maximum atomic E-state index is 11.8. The highest BCUT2D eigenvalue weighted by Gasteiger charge is 2.28. The average Bonchev–Trinajstić information content (AvgIpc) is 2.37. The van der Waals surface area contributed by atoms with Gasteiger partial charge in [-0.25, -0.2) is 13.1 Å². The smallest absolute Gasteiger partial charge is 0.305 e. The minimum absolute atomic E-state index is 0.0713. The Hall–Kier alpha value is -0.660. The Morgan fingerprint density at radius 3 is 2.53 bits per heavy atom. The first-order valence-corrected chi connectivity index (χ1v) is 8.35. The van der Waals surface area contributed by atoms with Crippen molar-refractivity contribution in [1.82, 2.24) is 4.72 Å². The van der Waals surface area contributed by atoms with E-state index in [-0.39, 0.29) is 25.1 Å². The van der Waals surface area contributed by atoms with Crippen LogP contribution in [0.4, 0.5) is 0 Å². The summed E-state index contributed by atoms with van der Waals surface area (Å²) in [4.78, 5) is 10.9. The Balaban J connectivity index is 2.31. The standard InChI is InChI=1S/C12H24N2O4S/c1-18-11(15)6-5-9-19(16,17)14-10-12(13)7-3-2-4-8-12/h14H,2-10,13H2,1H3. The second-order valence-electron chi connectivity index (χ2n) is 5.24. The van der Waals surface area contributed by atoms with Crippen LogP contribution >= 0.6 is 0 Å². The van der Waals surface area contributed by atoms with Crippen LogP contribution in [0.15, 0.2) is 0 Å². The van der Waals surface area contributed by atoms with Crippen molar-refractivity contribution in [2.75, 3.05) is 19.4 Å². The second kappa shape index (κ2) is 7.21. The molecule has 1 aliphatic rings. The van der Waals surface area contributed by atoms with E-state index in [2.05, 4.69) is 9.46 Å². The van der Waals surface area contributed by atoms with Crippen LogP contribution in [0.5, 0.6) is 0 Å². The molecule has 1 rings (SSSR count). The van der Waals surface area contributed by atoms with Crippen molar-refractivity contribution in [3.05, 3.63) is 0 Å². The number of hydrogen-bond donors (Lipinski definition) is 2. The van der Waals surface area contributed by atoms with Crippen molar-refractivity contribution >= 4 is 16.0 Å². The van der Waals surface area contributed by atoms with E-state index in [1.165, 1.54) is 13.5 Å². The van der Waals surface area contributed by atoms with Crippen LogP contribution in [0.25, 0.3) is 0 Å². The first-order valence-electron chi connectivity index (χ1n) is 6.70. The van der Waals surface area contributed by atoms with E-state index in [1.807, 2.05) is 0 Å². The Morgan fingerprint density at radius 1 is 1.32 bits per heavy atom. The fourth-order valence-electron chi connectivity index (χ4n) is 2.27. The second-order valence-corrected chi connectivity index (χ2v) is 7.17. The van der Waals surface area contributed by atoms with Gasteiger partial charge in [-0.15, -0.1) is 0 Å². The molecule has 112 valence electrons. The van der Waals surface area contributed by atoms with Crippen molar-refractivity contribution in [1.29, 1.82) is 0 Å². The highest BCUT2D eigenvalue weighted by atomic mass is 32.2. The fraction of sp³-hybridized carbons (Fsp3) is 0.917. The predicted octanol–water partition coefficient (Wildman–Crippen LogP) is 0.521. The van der Waals surface area contributed by atoms with E-state index in [0.29, 0.717) is 0 Å². The summed E-state index contributed by atoms with van der Waals surface area (Å²) in [5.41, 5.74) is 5.75. The lowest BCUT2D eigenvalue weighted by molar-refractivity contribution is -0.140. The maximum absolute atomic E-state index is 11.8. The lowest BCUT2D eigenvalue weighted by Crippen LogP contribution is -2.51. The molecule has 0 atom stereocenters. The molecule has 0 aromatic rings. The molecule has 6 nitrogen and oxygen atoms in total. The molecular weight excluding hydrogens is 268 g/mol. The van der Waals surface area contributed by atoms with Crippen LogP contribution in [-0.2, 0) is 19.6 Å². The molecule has 0 bridgehead atoms. The summed E-state index contributed by atoms with van der Waals surface area (Å²) in [6.07, 6.45) is 5.38. The molecule has 1 aliphatic carbocycles. The number of ether oxygens (including phenoxy) is 1. The first-order chi connectivity index (χ1) is 8.87. The minimum Gasteiger partial charge on any atom is -0.469 e. The number of carbonyl (C=O) groups excluding carboxylic acids is 1. The lowest BCUT2D eigenvalue weighted by Gasteiger charge is -2.33. The summed E-state index contributed by atoms with van der Waals surface area (Å²) in [7, 11) is -2.07. The summed E-state index contributed by atoms with van der Waals surface area (Å²) in [6.45, 7) is 0.285. The minimum atomic E-state index is -3.36. The molecule has 0 aromatic heterocycles. The van der Waals surface area contributed by atoms with E-state index in [9.17, 15) is 13.2 Å². The van der Waals surface area contributed by atoms with E-state index in [4.69, 9.17) is 5.73 Å². The number of carbonyl (C=O) groups is 1. The fourth-order valence-corrected chi connectivity index (χ4v) is 3.44. The molecule has 19 heavy (non-hydrogen) atoms. The van der Waals surface area contributed by atoms with Crippen LogP contribution in [0, 0.1) is 0 Å². The molecule has 0 unspecified atom stereocenters. The van der Waals surface area contributed by atoms with Crippen LogP contribution in [0.3, 0.4) is 0 Å². The normalized spacial score (nSPS) is 19.1. The number of esters is 1. The van der Waals surface area contributed by atoms with Crippen LogP contribution in [0.1, 0.15) is 44.9 Å². The van der Waals surface area contributed by atoms with Crippen molar-refractivity contribution < 1.29 is 17.9 Å². The summed E-state index contributed by atoms with van der Waals surface area (Å²) in [6, 6.07) is 0. The summed E-state index contributed by atoms with van der Waals surface area (Å²) in [5, 5.41) is 0. The zero-order valence-electron chi connectivity index (χ0n) is 11.5. The highest BCUT2D eigenvalue weighted by Crippen LogP contribution is 2.25. The highest BCUT2D eigenvalue weighted by molar-refractivity contribution is 7.89. The van der Waals surface area contributed by atoms with Gasteiger partial charge in [-0.3, -0.25) is 4.79 Å². The molecule has 0 heterocycles. The number of hydrogen-bond acceptors (Lipinski definition) is 5. The Morgan fingerprint density at radius 2 is 1.95 bits per heavy atom. The number of sulfonamides is 1. The van der Waals surface area contributed by atoms with Crippen molar-refractivity contribution in [2.24, 2.45) is 5.73 Å². The molecule has 0 radical (unpaired) electrons. The third-order valence-corrected chi connectivity index (χ3v) is 4.93. The molecule has 0 saturated heterocycles. The number of nitrogens with two attached hydrogens (primary N) is 1. The molecule has 0 amide bonds. The van der Waals surface area contributed by atoms with Gasteiger partial charge in [0.2, 0.25) is 10.0 Å². The third-order valence-electron chi connectivity index (χ3n) is 3.52. The van der Waals surface area contributed by atoms with Gasteiger partial charge in [0.25, 0.3) is 0 Å². The predicted molar refractivity (Wildman–Crippen MR) is 73.0 cm³/mol. The van der Waals surface area contributed by atoms with Gasteiger partial charge in [0.05, 0.1) is 12.9 Å². The number of rotatable bonds is 7. The molecule has 3 N–H and O–H groups in total. The third kappa shape index (κ3) is 6.35. The number of methoxy groups -OCH3 is 1. The van der Waals surface area contributed by atoms with Gasteiger partial charge in [0.1, 0.15) is 0 Å². The van der Waals surface area contributed by atoms with Crippen LogP contribution in [-0.4, -0.2) is 39.3 Å². The zero-order valence-corrected chi connectivity index (χ0v) is 12.3. The van der Waals surface area contributed by atoms with Crippen molar-refractivity contribution in [3.8, 4) is 0 Å². The van der Waals surface area contributed by atoms with Gasteiger partial charge in [-0.1, -0.05) is 19.3 Å². The first kappa shape index (κ1) is 16.4. The zero-order chi connectivity index (χ0) is 14.4. The molecule has 1 fully saturated rings. The van der Waals surface area contributed by atoms with Gasteiger partial charge in [-0.2, -0.15) is 0 Å². The summed E-state index contributed by atoms with van der Waals surface area (Å²) >= 11 is 0. The van der Waals surface area contributed by atoms with E-state index in [1.54, 1.807) is 0 Å². The van der Waals surface area contributed by atoms with Gasteiger partial charge in [0, 0.05) is 18.5 Å². The van der Waals surface area contributed by atoms with Gasteiger partial charge < -0.3 is 10.5 Å². The van der Waals surface area contributed by atoms with Gasteiger partial charge >= 0.3 is 5.97 Å². The largest absolute Gasteiger partial charge is 0.469 e. The van der Waals surface area contributed by atoms with Gasteiger partial charge in [-0.05, 0) is 19.3 Å². The number of nitrogens with one attached hydrogen (secondary N) is 1. The SMILES string of the molecule is COC(=O)CCCS(=O)(=O)NCC1(N)CCCCC1. The Kier molecular flexibility index (Phi) is 6.22. The lowest BCUT2D eigenvalue weighted by atomic mass is 9.83.